The summed E-state index contributed by atoms with van der Waals surface area (Å²) in [6.45, 7) is 3.84. The molecule has 0 spiro atoms. The minimum Gasteiger partial charge on any atom is -0.324 e. The van der Waals surface area contributed by atoms with E-state index >= 15 is 0 Å². The molecule has 3 N–H and O–H groups in total. The van der Waals surface area contributed by atoms with Gasteiger partial charge in [0.2, 0.25) is 5.95 Å². The molecule has 9 heteroatoms. The summed E-state index contributed by atoms with van der Waals surface area (Å²) in [5, 5.41) is 12.3. The fourth-order valence-corrected chi connectivity index (χ4v) is 3.88. The Morgan fingerprint density at radius 3 is 1.65 bits per heavy atom. The second-order valence-corrected chi connectivity index (χ2v) is 9.04. The van der Waals surface area contributed by atoms with Crippen LogP contribution in [-0.2, 0) is 6.42 Å². The number of pyridine rings is 2. The second-order valence-electron chi connectivity index (χ2n) is 9.04. The molecule has 3 aromatic heterocycles. The highest BCUT2D eigenvalue weighted by molar-refractivity contribution is 5.99. The average Bonchev–Trinajstić information content (AvgIpc) is 3.01. The van der Waals surface area contributed by atoms with Crippen molar-refractivity contribution >= 4 is 34.7 Å². The first-order valence-electron chi connectivity index (χ1n) is 12.8. The monoisotopic (exact) mass is 527 g/mol. The van der Waals surface area contributed by atoms with Gasteiger partial charge < -0.3 is 5.32 Å². The lowest BCUT2D eigenvalue weighted by Crippen LogP contribution is -2.06. The Bertz CT molecular complexity index is 1510. The van der Waals surface area contributed by atoms with Crippen molar-refractivity contribution in [2.24, 2.45) is 10.2 Å². The molecule has 0 saturated heterocycles. The molecule has 198 valence electrons. The van der Waals surface area contributed by atoms with Crippen LogP contribution in [0.25, 0.3) is 0 Å². The van der Waals surface area contributed by atoms with Gasteiger partial charge in [0, 0.05) is 47.7 Å². The molecule has 0 unspecified atom stereocenters. The number of nitrogens with one attached hydrogen (secondary N) is 3. The Labute approximate surface area is 233 Å². The van der Waals surface area contributed by atoms with Crippen molar-refractivity contribution in [3.63, 3.8) is 0 Å². The lowest BCUT2D eigenvalue weighted by molar-refractivity contribution is 1.11. The van der Waals surface area contributed by atoms with Crippen LogP contribution < -0.4 is 16.2 Å². The number of hydrogen-bond acceptors (Lipinski definition) is 9. The average molecular weight is 528 g/mol. The van der Waals surface area contributed by atoms with E-state index in [9.17, 15) is 0 Å². The van der Waals surface area contributed by atoms with Gasteiger partial charge in [0.25, 0.3) is 0 Å². The molecular formula is C31H29N9. The van der Waals surface area contributed by atoms with Crippen molar-refractivity contribution in [1.29, 1.82) is 0 Å². The highest BCUT2D eigenvalue weighted by Gasteiger charge is 2.07. The summed E-state index contributed by atoms with van der Waals surface area (Å²) in [5.74, 6) is 1.41. The van der Waals surface area contributed by atoms with Crippen LogP contribution in [0.15, 0.2) is 120 Å². The third-order valence-corrected chi connectivity index (χ3v) is 6.06. The molecule has 5 aromatic rings. The number of aromatic nitrogens is 4. The molecule has 40 heavy (non-hydrogen) atoms. The number of rotatable bonds is 10. The lowest BCUT2D eigenvalue weighted by Gasteiger charge is -2.11. The summed E-state index contributed by atoms with van der Waals surface area (Å²) >= 11 is 0. The van der Waals surface area contributed by atoms with E-state index in [1.807, 2.05) is 56.3 Å². The van der Waals surface area contributed by atoms with Crippen LogP contribution in [-0.4, -0.2) is 31.4 Å². The molecular weight excluding hydrogens is 498 g/mol. The molecule has 0 aliphatic carbocycles. The summed E-state index contributed by atoms with van der Waals surface area (Å²) in [4.78, 5) is 17.4. The third-order valence-electron chi connectivity index (χ3n) is 6.06. The Hall–Kier alpha value is -5.44. The zero-order valence-corrected chi connectivity index (χ0v) is 22.3. The number of benzene rings is 2. The van der Waals surface area contributed by atoms with Crippen LogP contribution in [0.5, 0.6) is 0 Å². The third kappa shape index (κ3) is 7.32. The van der Waals surface area contributed by atoms with Gasteiger partial charge in [-0.1, -0.05) is 42.5 Å². The van der Waals surface area contributed by atoms with Gasteiger partial charge in [0.1, 0.15) is 0 Å². The van der Waals surface area contributed by atoms with Gasteiger partial charge in [0.05, 0.1) is 11.4 Å². The Balaban J connectivity index is 1.36. The Kier molecular flexibility index (Phi) is 8.43. The van der Waals surface area contributed by atoms with Crippen molar-refractivity contribution in [1.82, 2.24) is 19.9 Å². The minimum atomic E-state index is 0.400. The van der Waals surface area contributed by atoms with Crippen molar-refractivity contribution in [3.8, 4) is 0 Å². The second kappa shape index (κ2) is 12.9. The highest BCUT2D eigenvalue weighted by Crippen LogP contribution is 2.20. The van der Waals surface area contributed by atoms with Crippen LogP contribution in [0, 0.1) is 0 Å². The molecule has 0 radical (unpaired) electrons. The van der Waals surface area contributed by atoms with Gasteiger partial charge in [-0.05, 0) is 67.8 Å². The summed E-state index contributed by atoms with van der Waals surface area (Å²) in [7, 11) is 0. The molecule has 0 aliphatic rings. The van der Waals surface area contributed by atoms with E-state index in [-0.39, 0.29) is 0 Å². The van der Waals surface area contributed by atoms with E-state index < -0.39 is 0 Å². The summed E-state index contributed by atoms with van der Waals surface area (Å²) in [5.41, 5.74) is 13.0. The van der Waals surface area contributed by atoms with Gasteiger partial charge in [0.15, 0.2) is 11.6 Å². The minimum absolute atomic E-state index is 0.400. The molecule has 5 rings (SSSR count). The summed E-state index contributed by atoms with van der Waals surface area (Å²) < 4.78 is 0. The maximum atomic E-state index is 4.62. The predicted molar refractivity (Wildman–Crippen MR) is 161 cm³/mol. The molecule has 0 bridgehead atoms. The van der Waals surface area contributed by atoms with Crippen LogP contribution in [0.2, 0.25) is 0 Å². The van der Waals surface area contributed by atoms with Crippen molar-refractivity contribution in [2.75, 3.05) is 16.2 Å². The highest BCUT2D eigenvalue weighted by atomic mass is 15.4. The molecule has 0 fully saturated rings. The first-order chi connectivity index (χ1) is 19.6. The fourth-order valence-electron chi connectivity index (χ4n) is 3.88. The SMILES string of the molecule is CC(=NNc1cc(NN=C(C)c2ccncc2)nc(Nc2ccc(Cc3ccccc3)cc2)n1)c1ccncc1. The zero-order valence-electron chi connectivity index (χ0n) is 22.3. The maximum absolute atomic E-state index is 4.62. The van der Waals surface area contributed by atoms with Gasteiger partial charge in [-0.15, -0.1) is 0 Å². The molecule has 3 heterocycles. The van der Waals surface area contributed by atoms with E-state index in [0.29, 0.717) is 17.6 Å². The molecule has 0 saturated carbocycles. The topological polar surface area (TPSA) is 112 Å². The molecule has 9 nitrogen and oxygen atoms in total. The van der Waals surface area contributed by atoms with E-state index in [0.717, 1.165) is 34.7 Å². The largest absolute Gasteiger partial charge is 0.324 e. The number of nitrogens with zero attached hydrogens (tertiary/aromatic N) is 6. The molecule has 0 atom stereocenters. The van der Waals surface area contributed by atoms with Crippen molar-refractivity contribution in [2.45, 2.75) is 20.3 Å². The van der Waals surface area contributed by atoms with E-state index in [1.54, 1.807) is 30.9 Å². The normalized spacial score (nSPS) is 11.7. The summed E-state index contributed by atoms with van der Waals surface area (Å²) in [6.07, 6.45) is 7.80. The van der Waals surface area contributed by atoms with Crippen molar-refractivity contribution < 1.29 is 0 Å². The number of hydrogen-bond donors (Lipinski definition) is 3. The molecule has 0 amide bonds. The Morgan fingerprint density at radius 2 is 1.12 bits per heavy atom. The van der Waals surface area contributed by atoms with Crippen LogP contribution in [0.3, 0.4) is 0 Å². The van der Waals surface area contributed by atoms with E-state index in [1.165, 1.54) is 11.1 Å². The number of hydrazone groups is 2. The number of anilines is 4. The fraction of sp³-hybridized carbons (Fsp3) is 0.0968. The summed E-state index contributed by atoms with van der Waals surface area (Å²) in [6, 6.07) is 28.0. The van der Waals surface area contributed by atoms with E-state index in [2.05, 4.69) is 82.7 Å². The smallest absolute Gasteiger partial charge is 0.231 e. The van der Waals surface area contributed by atoms with Gasteiger partial charge >= 0.3 is 0 Å². The first kappa shape index (κ1) is 26.2. The quantitative estimate of drug-likeness (QED) is 0.145. The Morgan fingerprint density at radius 1 is 0.625 bits per heavy atom. The standard InChI is InChI=1S/C31H29N9/c1-22(26-12-16-32-17-13-26)37-39-29-21-30(40-38-23(2)27-14-18-33-19-15-27)36-31(35-29)34-28-10-8-25(9-11-28)20-24-6-4-3-5-7-24/h3-19,21H,20H2,1-2H3,(H3,34,35,36,39,40). The van der Waals surface area contributed by atoms with Gasteiger partial charge in [-0.2, -0.15) is 20.2 Å². The lowest BCUT2D eigenvalue weighted by atomic mass is 10.0. The van der Waals surface area contributed by atoms with Gasteiger partial charge in [-0.25, -0.2) is 0 Å². The molecule has 2 aromatic carbocycles. The van der Waals surface area contributed by atoms with E-state index in [4.69, 9.17) is 0 Å². The zero-order chi connectivity index (χ0) is 27.6. The van der Waals surface area contributed by atoms with Crippen LogP contribution in [0.4, 0.5) is 23.3 Å². The van der Waals surface area contributed by atoms with Crippen LogP contribution >= 0.6 is 0 Å². The van der Waals surface area contributed by atoms with Gasteiger partial charge in [-0.3, -0.25) is 20.8 Å². The van der Waals surface area contributed by atoms with Crippen LogP contribution in [0.1, 0.15) is 36.1 Å². The maximum Gasteiger partial charge on any atom is 0.231 e. The molecule has 0 aliphatic heterocycles. The van der Waals surface area contributed by atoms with Crippen molar-refractivity contribution in [3.05, 3.63) is 132 Å². The first-order valence-corrected chi connectivity index (χ1v) is 12.8. The predicted octanol–water partition coefficient (Wildman–Crippen LogP) is 6.27.